The monoisotopic (exact) mass is 426 g/mol. The summed E-state index contributed by atoms with van der Waals surface area (Å²) in [5.41, 5.74) is 0.577. The lowest BCUT2D eigenvalue weighted by atomic mass is 9.86. The van der Waals surface area contributed by atoms with E-state index in [4.69, 9.17) is 4.74 Å². The van der Waals surface area contributed by atoms with Crippen LogP contribution in [0, 0.1) is 5.92 Å². The second kappa shape index (κ2) is 9.58. The summed E-state index contributed by atoms with van der Waals surface area (Å²) in [6.07, 6.45) is 2.47. The van der Waals surface area contributed by atoms with Gasteiger partial charge in [-0.2, -0.15) is 0 Å². The van der Waals surface area contributed by atoms with Gasteiger partial charge in [0, 0.05) is 23.7 Å². The number of nitrogens with one attached hydrogen (secondary N) is 2. The normalized spacial score (nSPS) is 20.0. The highest BCUT2D eigenvalue weighted by Gasteiger charge is 2.34. The largest absolute Gasteiger partial charge is 0.482 e. The molecule has 1 amide bonds. The highest BCUT2D eigenvalue weighted by atomic mass is 32.2. The number of anilines is 1. The van der Waals surface area contributed by atoms with Gasteiger partial charge < -0.3 is 14.8 Å². The zero-order valence-corrected chi connectivity index (χ0v) is 18.2. The van der Waals surface area contributed by atoms with Gasteiger partial charge in [-0.15, -0.1) is 0 Å². The molecule has 0 bridgehead atoms. The zero-order valence-electron chi connectivity index (χ0n) is 17.4. The van der Waals surface area contributed by atoms with Crippen LogP contribution in [0.4, 0.5) is 5.69 Å². The molecule has 8 nitrogen and oxygen atoms in total. The fourth-order valence-corrected chi connectivity index (χ4v) is 4.01. The first-order chi connectivity index (χ1) is 13.5. The first-order valence-corrected chi connectivity index (χ1v) is 11.1. The van der Waals surface area contributed by atoms with E-state index in [1.165, 1.54) is 7.11 Å². The molecule has 9 heteroatoms. The standard InChI is InChI=1S/C20H30N2O6S/c1-20(2,3)29(25,26)22-15-10-8-14(9-11-15)19(24)21-16-6-5-7-17(12-16)28-13-18(23)27-4/h5-7,12,14-15,22H,8-11,13H2,1-4H3,(H,21,24). The molecular formula is C20H30N2O6S. The quantitative estimate of drug-likeness (QED) is 0.648. The molecule has 0 heterocycles. The molecule has 1 aliphatic carbocycles. The second-order valence-corrected chi connectivity index (χ2v) is 10.6. The van der Waals surface area contributed by atoms with Crippen molar-refractivity contribution in [1.29, 1.82) is 0 Å². The number of carbonyl (C=O) groups excluding carboxylic acids is 2. The first kappa shape index (κ1) is 23.2. The molecule has 0 aliphatic heterocycles. The van der Waals surface area contributed by atoms with Crippen molar-refractivity contribution in [2.24, 2.45) is 5.92 Å². The molecule has 1 aliphatic rings. The van der Waals surface area contributed by atoms with Gasteiger partial charge in [0.25, 0.3) is 0 Å². The zero-order chi connectivity index (χ0) is 21.7. The third-order valence-electron chi connectivity index (χ3n) is 4.91. The second-order valence-electron chi connectivity index (χ2n) is 8.16. The number of hydrogen-bond acceptors (Lipinski definition) is 6. The Kier molecular flexibility index (Phi) is 7.65. The fourth-order valence-electron chi connectivity index (χ4n) is 2.98. The Balaban J connectivity index is 1.86. The van der Waals surface area contributed by atoms with Crippen LogP contribution in [0.2, 0.25) is 0 Å². The van der Waals surface area contributed by atoms with Crippen LogP contribution in [0.1, 0.15) is 46.5 Å². The summed E-state index contributed by atoms with van der Waals surface area (Å²) >= 11 is 0. The fraction of sp³-hybridized carbons (Fsp3) is 0.600. The maximum Gasteiger partial charge on any atom is 0.343 e. The number of methoxy groups -OCH3 is 1. The third-order valence-corrected chi connectivity index (χ3v) is 7.17. The van der Waals surface area contributed by atoms with Crippen LogP contribution in [0.15, 0.2) is 24.3 Å². The number of carbonyl (C=O) groups is 2. The average Bonchev–Trinajstić information content (AvgIpc) is 2.65. The average molecular weight is 427 g/mol. The van der Waals surface area contributed by atoms with Crippen molar-refractivity contribution in [2.75, 3.05) is 19.0 Å². The van der Waals surface area contributed by atoms with Crippen molar-refractivity contribution in [3.63, 3.8) is 0 Å². The van der Waals surface area contributed by atoms with Gasteiger partial charge in [0.15, 0.2) is 6.61 Å². The molecule has 0 aromatic heterocycles. The number of sulfonamides is 1. The summed E-state index contributed by atoms with van der Waals surface area (Å²) in [5.74, 6) is -0.316. The highest BCUT2D eigenvalue weighted by Crippen LogP contribution is 2.28. The van der Waals surface area contributed by atoms with Crippen molar-refractivity contribution >= 4 is 27.6 Å². The Morgan fingerprint density at radius 1 is 1.14 bits per heavy atom. The number of benzene rings is 1. The number of amides is 1. The van der Waals surface area contributed by atoms with Crippen LogP contribution < -0.4 is 14.8 Å². The molecule has 0 saturated heterocycles. The molecule has 1 aromatic carbocycles. The van der Waals surface area contributed by atoms with Gasteiger partial charge in [0.2, 0.25) is 15.9 Å². The van der Waals surface area contributed by atoms with E-state index in [2.05, 4.69) is 14.8 Å². The summed E-state index contributed by atoms with van der Waals surface area (Å²) < 4.78 is 36.3. The summed E-state index contributed by atoms with van der Waals surface area (Å²) in [5, 5.41) is 2.87. The summed E-state index contributed by atoms with van der Waals surface area (Å²) in [6, 6.07) is 6.65. The Labute approximate surface area is 172 Å². The molecule has 1 saturated carbocycles. The molecule has 1 aromatic rings. The molecule has 1 fully saturated rings. The summed E-state index contributed by atoms with van der Waals surface area (Å²) in [7, 11) is -2.12. The lowest BCUT2D eigenvalue weighted by Crippen LogP contribution is -2.46. The van der Waals surface area contributed by atoms with Gasteiger partial charge in [-0.25, -0.2) is 17.9 Å². The van der Waals surface area contributed by atoms with Crippen molar-refractivity contribution in [2.45, 2.75) is 57.2 Å². The molecule has 2 rings (SSSR count). The smallest absolute Gasteiger partial charge is 0.343 e. The van der Waals surface area contributed by atoms with E-state index in [-0.39, 0.29) is 24.5 Å². The minimum atomic E-state index is -3.40. The van der Waals surface area contributed by atoms with Crippen LogP contribution in [0.25, 0.3) is 0 Å². The van der Waals surface area contributed by atoms with Crippen molar-refractivity contribution in [3.05, 3.63) is 24.3 Å². The maximum atomic E-state index is 12.6. The summed E-state index contributed by atoms with van der Waals surface area (Å²) in [4.78, 5) is 23.7. The van der Waals surface area contributed by atoms with Crippen LogP contribution in [0.5, 0.6) is 5.75 Å². The van der Waals surface area contributed by atoms with E-state index in [0.29, 0.717) is 37.1 Å². The van der Waals surface area contributed by atoms with Gasteiger partial charge in [-0.05, 0) is 58.6 Å². The van der Waals surface area contributed by atoms with Crippen molar-refractivity contribution in [1.82, 2.24) is 4.72 Å². The van der Waals surface area contributed by atoms with Gasteiger partial charge >= 0.3 is 5.97 Å². The highest BCUT2D eigenvalue weighted by molar-refractivity contribution is 7.90. The predicted molar refractivity (Wildman–Crippen MR) is 110 cm³/mol. The lowest BCUT2D eigenvalue weighted by molar-refractivity contribution is -0.142. The van der Waals surface area contributed by atoms with E-state index in [0.717, 1.165) is 0 Å². The van der Waals surface area contributed by atoms with Crippen molar-refractivity contribution in [3.8, 4) is 5.75 Å². The molecule has 0 radical (unpaired) electrons. The maximum absolute atomic E-state index is 12.6. The van der Waals surface area contributed by atoms with Gasteiger partial charge in [0.1, 0.15) is 5.75 Å². The van der Waals surface area contributed by atoms with Crippen LogP contribution in [-0.2, 0) is 24.3 Å². The lowest BCUT2D eigenvalue weighted by Gasteiger charge is -2.30. The molecular weight excluding hydrogens is 396 g/mol. The van der Waals surface area contributed by atoms with E-state index < -0.39 is 20.7 Å². The van der Waals surface area contributed by atoms with E-state index in [1.54, 1.807) is 45.0 Å². The molecule has 2 N–H and O–H groups in total. The van der Waals surface area contributed by atoms with Crippen molar-refractivity contribution < 1.29 is 27.5 Å². The Bertz CT molecular complexity index is 824. The molecule has 0 unspecified atom stereocenters. The molecule has 29 heavy (non-hydrogen) atoms. The Morgan fingerprint density at radius 3 is 2.38 bits per heavy atom. The SMILES string of the molecule is COC(=O)COc1cccc(NC(=O)C2CCC(NS(=O)(=O)C(C)(C)C)CC2)c1. The Hall–Kier alpha value is -2.13. The first-order valence-electron chi connectivity index (χ1n) is 9.64. The number of rotatable bonds is 7. The van der Waals surface area contributed by atoms with Gasteiger partial charge in [-0.1, -0.05) is 6.07 Å². The van der Waals surface area contributed by atoms with Crippen LogP contribution in [-0.4, -0.2) is 44.8 Å². The summed E-state index contributed by atoms with van der Waals surface area (Å²) in [6.45, 7) is 4.79. The van der Waals surface area contributed by atoms with Crippen LogP contribution >= 0.6 is 0 Å². The van der Waals surface area contributed by atoms with E-state index in [1.807, 2.05) is 0 Å². The predicted octanol–water partition coefficient (Wildman–Crippen LogP) is 2.45. The van der Waals surface area contributed by atoms with Gasteiger partial charge in [0.05, 0.1) is 11.9 Å². The van der Waals surface area contributed by atoms with Gasteiger partial charge in [-0.3, -0.25) is 4.79 Å². The van der Waals surface area contributed by atoms with E-state index in [9.17, 15) is 18.0 Å². The third kappa shape index (κ3) is 6.71. The topological polar surface area (TPSA) is 111 Å². The Morgan fingerprint density at radius 2 is 1.79 bits per heavy atom. The molecule has 0 atom stereocenters. The molecule has 162 valence electrons. The van der Waals surface area contributed by atoms with E-state index >= 15 is 0 Å². The number of ether oxygens (including phenoxy) is 2. The minimum Gasteiger partial charge on any atom is -0.482 e. The minimum absolute atomic E-state index is 0.104. The van der Waals surface area contributed by atoms with Crippen LogP contribution in [0.3, 0.4) is 0 Å². The number of hydrogen-bond donors (Lipinski definition) is 2. The number of esters is 1. The molecule has 0 spiro atoms.